The summed E-state index contributed by atoms with van der Waals surface area (Å²) in [6, 6.07) is 15.5. The second-order valence-corrected chi connectivity index (χ2v) is 38.4. The van der Waals surface area contributed by atoms with Crippen molar-refractivity contribution in [2.45, 2.75) is 205 Å². The third-order valence-electron chi connectivity index (χ3n) is 22.6. The Labute approximate surface area is 714 Å². The fourth-order valence-electron chi connectivity index (χ4n) is 14.0. The molecule has 4 amide bonds. The summed E-state index contributed by atoms with van der Waals surface area (Å²) in [6.07, 6.45) is 19.5. The summed E-state index contributed by atoms with van der Waals surface area (Å²) >= 11 is 3.30. The van der Waals surface area contributed by atoms with Gasteiger partial charge in [0, 0.05) is 131 Å². The topological polar surface area (TPSA) is 303 Å². The minimum absolute atomic E-state index is 0. The Morgan fingerprint density at radius 3 is 0.898 bits per heavy atom. The van der Waals surface area contributed by atoms with E-state index in [1.807, 2.05) is 111 Å². The first-order valence-corrected chi connectivity index (χ1v) is 44.9. The van der Waals surface area contributed by atoms with E-state index in [1.54, 1.807) is 45.9 Å². The van der Waals surface area contributed by atoms with E-state index in [1.165, 1.54) is 0 Å². The Kier molecular flexibility index (Phi) is 38.3. The van der Waals surface area contributed by atoms with Gasteiger partial charge in [0.25, 0.3) is 0 Å². The summed E-state index contributed by atoms with van der Waals surface area (Å²) in [4.78, 5) is 80.0. The van der Waals surface area contributed by atoms with E-state index in [0.717, 1.165) is 187 Å². The molecule has 30 nitrogen and oxygen atoms in total. The quantitative estimate of drug-likeness (QED) is 0.0564. The van der Waals surface area contributed by atoms with Crippen LogP contribution in [0.25, 0.3) is 0 Å². The summed E-state index contributed by atoms with van der Waals surface area (Å²) in [6.45, 7) is 31.8. The highest BCUT2D eigenvalue weighted by molar-refractivity contribution is 9.10. The van der Waals surface area contributed by atoms with Crippen molar-refractivity contribution in [3.63, 3.8) is 0 Å². The molecular weight excluding hydrogens is 1620 g/mol. The van der Waals surface area contributed by atoms with E-state index in [9.17, 15) is 36.0 Å². The molecule has 0 radical (unpaired) electrons. The van der Waals surface area contributed by atoms with E-state index in [-0.39, 0.29) is 89.8 Å². The highest BCUT2D eigenvalue weighted by Crippen LogP contribution is 2.42. The summed E-state index contributed by atoms with van der Waals surface area (Å²) in [5.41, 5.74) is -1.08. The number of carbonyl (C=O) groups is 4. The number of piperidine rings is 4. The molecule has 4 aromatic rings. The highest BCUT2D eigenvalue weighted by atomic mass is 79.9. The van der Waals surface area contributed by atoms with Crippen LogP contribution in [0.3, 0.4) is 0 Å². The molecule has 7 aliphatic heterocycles. The van der Waals surface area contributed by atoms with Gasteiger partial charge >= 0.3 is 24.4 Å². The molecule has 0 aromatic carbocycles. The van der Waals surface area contributed by atoms with E-state index in [2.05, 4.69) is 55.9 Å². The average Bonchev–Trinajstić information content (AvgIpc) is 1.71. The van der Waals surface area contributed by atoms with Gasteiger partial charge < -0.3 is 77.5 Å². The van der Waals surface area contributed by atoms with Gasteiger partial charge in [-0.15, -0.1) is 0 Å². The second-order valence-electron chi connectivity index (χ2n) is 33.1. The molecule has 666 valence electrons. The number of nitrogens with zero attached hydrogens (tertiary/aromatic N) is 13. The molecule has 10 fully saturated rings. The first-order chi connectivity index (χ1) is 54.0. The van der Waals surface area contributed by atoms with Crippen molar-refractivity contribution >= 4 is 77.8 Å². The lowest BCUT2D eigenvalue weighted by atomic mass is 9.98. The minimum Gasteiger partial charge on any atom is -0.492 e. The zero-order chi connectivity index (χ0) is 80.4. The normalized spacial score (nSPS) is 20.1. The number of halogens is 1. The molecule has 0 atom stereocenters. The van der Waals surface area contributed by atoms with Crippen molar-refractivity contribution in [3.8, 4) is 23.0 Å². The number of rotatable bonds is 22. The molecule has 4 aromatic heterocycles. The van der Waals surface area contributed by atoms with Crippen LogP contribution in [0.5, 0.6) is 23.0 Å². The Morgan fingerprint density at radius 2 is 0.661 bits per heavy atom. The maximum Gasteiger partial charge on any atom is 0.410 e. The van der Waals surface area contributed by atoms with Gasteiger partial charge in [-0.2, -0.15) is 8.61 Å². The van der Waals surface area contributed by atoms with Crippen LogP contribution in [0, 0.1) is 23.7 Å². The molecule has 7 saturated heterocycles. The smallest absolute Gasteiger partial charge is 0.410 e. The van der Waals surface area contributed by atoms with Gasteiger partial charge in [0.15, 0.2) is 0 Å². The average molecular weight is 1760 g/mol. The third-order valence-corrected chi connectivity index (χ3v) is 26.9. The fraction of sp³-hybridized carbons (Fsp3) is 0.718. The second kappa shape index (κ2) is 45.4. The van der Waals surface area contributed by atoms with Gasteiger partial charge in [-0.05, 0) is 233 Å². The maximum absolute atomic E-state index is 12.2. The summed E-state index contributed by atoms with van der Waals surface area (Å²) in [7, 11) is -6.26. The van der Waals surface area contributed by atoms with Crippen molar-refractivity contribution < 1.29 is 73.9 Å². The Morgan fingerprint density at radius 1 is 0.398 bits per heavy atom. The van der Waals surface area contributed by atoms with Gasteiger partial charge in [0.05, 0.1) is 62.7 Å². The summed E-state index contributed by atoms with van der Waals surface area (Å²) in [5.74, 6) is 7.75. The Balaban J connectivity index is 0.000000243. The first-order valence-electron chi connectivity index (χ1n) is 40.8. The number of amides is 4. The van der Waals surface area contributed by atoms with Gasteiger partial charge in [-0.25, -0.2) is 55.9 Å². The van der Waals surface area contributed by atoms with Crippen molar-refractivity contribution in [1.82, 2.24) is 53.5 Å². The summed E-state index contributed by atoms with van der Waals surface area (Å²) in [5, 5.41) is 3.35. The maximum atomic E-state index is 12.2. The number of pyridine rings is 4. The predicted molar refractivity (Wildman–Crippen MR) is 468 cm³/mol. The standard InChI is InChI=1S/2C22H34N4O5S.C20H30N4O3.C16H23BrN2O3.5CH4/c2*1-3-32(28,29)26-14-12-24(13-15-26)20-5-4-19(16-23-20)30-17-18-6-10-25(11-7-18)21(27)31-22(2)8-9-22;1-20(6-7-20)27-19(25)24-10-4-16(5-11-24)15-26-17-2-3-18(22-14-17)23-12-8-21-9-13-23;1-16(2,3)22-15(20)19-8-6-12(7-9-19)11-21-13-4-5-14(17)18-10-13;;;;;/h2*4-5,16,18H,3,6-15,17H2,1-2H3;2-3,14,16,21H,4-13,15H2,1H3;4-5,10,12H,6-9,11H2,1-3H3;5*1H4. The van der Waals surface area contributed by atoms with Gasteiger partial charge in [-0.1, -0.05) is 37.1 Å². The van der Waals surface area contributed by atoms with Crippen LogP contribution >= 0.6 is 15.9 Å². The van der Waals surface area contributed by atoms with Crippen molar-refractivity contribution in [2.75, 3.05) is 184 Å². The fourth-order valence-corrected chi connectivity index (χ4v) is 16.4. The largest absolute Gasteiger partial charge is 0.492 e. The molecule has 14 rings (SSSR count). The molecule has 118 heavy (non-hydrogen) atoms. The number of nitrogens with one attached hydrogen (secondary N) is 1. The zero-order valence-corrected chi connectivity index (χ0v) is 70.8. The van der Waals surface area contributed by atoms with Crippen LogP contribution in [0.15, 0.2) is 77.9 Å². The van der Waals surface area contributed by atoms with Crippen molar-refractivity contribution in [2.24, 2.45) is 23.7 Å². The van der Waals surface area contributed by atoms with E-state index < -0.39 is 25.6 Å². The van der Waals surface area contributed by atoms with E-state index >= 15 is 0 Å². The number of carbonyl (C=O) groups excluding carboxylic acids is 4. The third kappa shape index (κ3) is 30.9. The number of anilines is 3. The molecule has 0 spiro atoms. The highest BCUT2D eigenvalue weighted by Gasteiger charge is 2.45. The van der Waals surface area contributed by atoms with Crippen molar-refractivity contribution in [1.29, 1.82) is 0 Å². The molecule has 3 aliphatic carbocycles. The molecule has 0 unspecified atom stereocenters. The number of likely N-dealkylation sites (tertiary alicyclic amines) is 4. The summed E-state index contributed by atoms with van der Waals surface area (Å²) < 4.78 is 97.6. The first kappa shape index (κ1) is 99.4. The lowest BCUT2D eigenvalue weighted by Gasteiger charge is -2.34. The van der Waals surface area contributed by atoms with Gasteiger partial charge in [0.1, 0.15) is 67.5 Å². The molecule has 33 heteroatoms. The number of ether oxygens (including phenoxy) is 8. The predicted octanol–water partition coefficient (Wildman–Crippen LogP) is 14.0. The molecular formula is C85H141BrN14O16S2. The lowest BCUT2D eigenvalue weighted by molar-refractivity contribution is 0.0164. The van der Waals surface area contributed by atoms with Crippen molar-refractivity contribution in [3.05, 3.63) is 77.9 Å². The number of aromatic nitrogens is 4. The van der Waals surface area contributed by atoms with Gasteiger partial charge in [0.2, 0.25) is 20.0 Å². The van der Waals surface area contributed by atoms with Crippen LogP contribution in [-0.4, -0.2) is 281 Å². The van der Waals surface area contributed by atoms with E-state index in [4.69, 9.17) is 37.9 Å². The molecule has 1 N–H and O–H groups in total. The monoisotopic (exact) mass is 1760 g/mol. The number of hydrogen-bond acceptors (Lipinski definition) is 24. The molecule has 3 saturated carbocycles. The van der Waals surface area contributed by atoms with Crippen LogP contribution in [-0.2, 0) is 39.0 Å². The number of piperazine rings is 3. The zero-order valence-electron chi connectivity index (χ0n) is 67.6. The molecule has 11 heterocycles. The van der Waals surface area contributed by atoms with Crippen LogP contribution in [0.1, 0.15) is 182 Å². The number of sulfonamides is 2. The number of hydrogen-bond donors (Lipinski definition) is 1. The Bertz CT molecular complexity index is 3750. The lowest BCUT2D eigenvalue weighted by Crippen LogP contribution is -2.49. The van der Waals surface area contributed by atoms with Crippen LogP contribution in [0.2, 0.25) is 0 Å². The minimum atomic E-state index is -3.13. The van der Waals surface area contributed by atoms with Crippen LogP contribution < -0.4 is 39.0 Å². The van der Waals surface area contributed by atoms with Crippen LogP contribution in [0.4, 0.5) is 36.6 Å². The van der Waals surface area contributed by atoms with Gasteiger partial charge in [-0.3, -0.25) is 0 Å². The SMILES string of the molecule is C.C.C.C.C.CC(C)(C)OC(=O)N1CCC(COc2ccc(Br)nc2)CC1.CC1(OC(=O)N2CCC(COc3ccc(N4CCNCC4)nc3)CC2)CC1.CCS(=O)(=O)N1CCN(c2ccc(OCC3CCN(C(=O)OC4(C)CC4)CC3)cn2)CC1.CCS(=O)(=O)N1CCN(c2ccc(OCC3CCN(C(=O)OC4(C)CC4)CC3)cn2)CC1. The molecule has 0 bridgehead atoms. The van der Waals surface area contributed by atoms with E-state index in [0.29, 0.717) is 129 Å². The molecule has 10 aliphatic rings. The Hall–Kier alpha value is -7.46.